The molecule has 0 heterocycles. The van der Waals surface area contributed by atoms with Crippen molar-refractivity contribution < 1.29 is 4.79 Å². The summed E-state index contributed by atoms with van der Waals surface area (Å²) >= 11 is 3.12. The quantitative estimate of drug-likeness (QED) is 0.487. The summed E-state index contributed by atoms with van der Waals surface area (Å²) in [5.41, 5.74) is 1.16. The van der Waals surface area contributed by atoms with Crippen LogP contribution >= 0.6 is 15.9 Å². The largest absolute Gasteiger partial charge is 0.299 e. The first-order chi connectivity index (χ1) is 7.22. The zero-order valence-corrected chi connectivity index (χ0v) is 10.1. The molecular weight excluding hydrogens is 256 g/mol. The van der Waals surface area contributed by atoms with Crippen LogP contribution in [0.3, 0.4) is 0 Å². The van der Waals surface area contributed by atoms with Crippen LogP contribution in [-0.4, -0.2) is 22.7 Å². The highest BCUT2D eigenvalue weighted by Gasteiger charge is 2.04. The molecule has 0 aliphatic rings. The Morgan fingerprint density at radius 1 is 1.33 bits per heavy atom. The molecule has 0 saturated carbocycles. The van der Waals surface area contributed by atoms with Gasteiger partial charge in [0.25, 0.3) is 0 Å². The number of carbonyl (C=O) groups excluding carboxylic acids is 1. The van der Waals surface area contributed by atoms with E-state index in [2.05, 4.69) is 15.9 Å². The van der Waals surface area contributed by atoms with E-state index >= 15 is 0 Å². The summed E-state index contributed by atoms with van der Waals surface area (Å²) in [6.45, 7) is 1.27. The lowest BCUT2D eigenvalue weighted by Crippen LogP contribution is -2.32. The number of Topliss-reactive ketones (excluding diaryl/α,β-unsaturated/α-hetero) is 1. The second kappa shape index (κ2) is 6.71. The maximum Gasteiger partial charge on any atom is 0.144 e. The molecule has 0 bridgehead atoms. The van der Waals surface area contributed by atoms with Crippen LogP contribution in [0.4, 0.5) is 0 Å². The lowest BCUT2D eigenvalue weighted by molar-refractivity contribution is -0.116. The van der Waals surface area contributed by atoms with Crippen LogP contribution in [0.5, 0.6) is 0 Å². The average Bonchev–Trinajstić information content (AvgIpc) is 2.27. The van der Waals surface area contributed by atoms with Crippen molar-refractivity contribution in [2.45, 2.75) is 13.0 Å². The molecule has 0 aliphatic heterocycles. The summed E-state index contributed by atoms with van der Waals surface area (Å²) < 4.78 is 0. The number of ketones is 1. The summed E-state index contributed by atoms with van der Waals surface area (Å²) in [5.74, 6) is 5.95. The zero-order valence-electron chi connectivity index (χ0n) is 8.53. The fourth-order valence-corrected chi connectivity index (χ4v) is 1.51. The van der Waals surface area contributed by atoms with Crippen molar-refractivity contribution in [2.24, 2.45) is 5.84 Å². The number of alkyl halides is 1. The predicted octanol–water partition coefficient (Wildman–Crippen LogP) is 1.72. The molecule has 82 valence electrons. The van der Waals surface area contributed by atoms with Crippen molar-refractivity contribution in [3.05, 3.63) is 35.9 Å². The molecular formula is C11H15BrN2O. The van der Waals surface area contributed by atoms with Gasteiger partial charge in [0.1, 0.15) is 5.78 Å². The molecule has 0 spiro atoms. The Labute approximate surface area is 98.4 Å². The monoisotopic (exact) mass is 270 g/mol. The highest BCUT2D eigenvalue weighted by Crippen LogP contribution is 2.01. The van der Waals surface area contributed by atoms with Gasteiger partial charge in [-0.05, 0) is 5.56 Å². The van der Waals surface area contributed by atoms with Gasteiger partial charge in [-0.25, -0.2) is 5.01 Å². The van der Waals surface area contributed by atoms with Gasteiger partial charge >= 0.3 is 0 Å². The zero-order chi connectivity index (χ0) is 11.1. The minimum atomic E-state index is 0.179. The molecule has 3 nitrogen and oxygen atoms in total. The van der Waals surface area contributed by atoms with Crippen LogP contribution in [0.15, 0.2) is 30.3 Å². The van der Waals surface area contributed by atoms with Gasteiger partial charge in [-0.2, -0.15) is 0 Å². The molecule has 0 amide bonds. The van der Waals surface area contributed by atoms with E-state index in [0.29, 0.717) is 24.8 Å². The van der Waals surface area contributed by atoms with E-state index in [0.717, 1.165) is 5.56 Å². The molecule has 0 aliphatic carbocycles. The van der Waals surface area contributed by atoms with E-state index in [9.17, 15) is 4.79 Å². The number of nitrogens with zero attached hydrogens (tertiary/aromatic N) is 1. The third kappa shape index (κ3) is 5.06. The number of hydrogen-bond donors (Lipinski definition) is 1. The highest BCUT2D eigenvalue weighted by molar-refractivity contribution is 9.09. The van der Waals surface area contributed by atoms with E-state index in [1.807, 2.05) is 30.3 Å². The fraction of sp³-hybridized carbons (Fsp3) is 0.364. The molecule has 0 unspecified atom stereocenters. The van der Waals surface area contributed by atoms with Crippen LogP contribution in [0.1, 0.15) is 12.0 Å². The van der Waals surface area contributed by atoms with E-state index in [1.165, 1.54) is 0 Å². The molecule has 0 saturated heterocycles. The molecule has 0 aromatic heterocycles. The van der Waals surface area contributed by atoms with Gasteiger partial charge in [0.15, 0.2) is 0 Å². The minimum absolute atomic E-state index is 0.179. The van der Waals surface area contributed by atoms with Crippen molar-refractivity contribution in [3.63, 3.8) is 0 Å². The number of benzene rings is 1. The lowest BCUT2D eigenvalue weighted by Gasteiger charge is -2.15. The first kappa shape index (κ1) is 12.4. The molecule has 1 rings (SSSR count). The molecule has 1 aromatic rings. The fourth-order valence-electron chi connectivity index (χ4n) is 1.23. The molecule has 4 heteroatoms. The number of hydrazine groups is 1. The number of halogens is 1. The summed E-state index contributed by atoms with van der Waals surface area (Å²) in [7, 11) is 0. The van der Waals surface area contributed by atoms with Gasteiger partial charge in [-0.15, -0.1) is 0 Å². The summed E-state index contributed by atoms with van der Waals surface area (Å²) in [6.07, 6.45) is 0.495. The Morgan fingerprint density at radius 2 is 2.00 bits per heavy atom. The van der Waals surface area contributed by atoms with Crippen LogP contribution in [0.25, 0.3) is 0 Å². The Hall–Kier alpha value is -0.710. The predicted molar refractivity (Wildman–Crippen MR) is 64.5 cm³/mol. The molecule has 1 aromatic carbocycles. The van der Waals surface area contributed by atoms with E-state index < -0.39 is 0 Å². The van der Waals surface area contributed by atoms with E-state index in [-0.39, 0.29) is 5.78 Å². The lowest BCUT2D eigenvalue weighted by atomic mass is 10.2. The first-order valence-corrected chi connectivity index (χ1v) is 5.95. The van der Waals surface area contributed by atoms with Crippen molar-refractivity contribution in [2.75, 3.05) is 11.9 Å². The summed E-state index contributed by atoms with van der Waals surface area (Å²) in [4.78, 5) is 11.0. The Balaban J connectivity index is 2.30. The second-order valence-corrected chi connectivity index (χ2v) is 3.94. The maximum absolute atomic E-state index is 11.0. The first-order valence-electron chi connectivity index (χ1n) is 4.83. The van der Waals surface area contributed by atoms with Crippen molar-refractivity contribution in [1.29, 1.82) is 0 Å². The second-order valence-electron chi connectivity index (χ2n) is 3.38. The molecule has 2 N–H and O–H groups in total. The van der Waals surface area contributed by atoms with Crippen molar-refractivity contribution >= 4 is 21.7 Å². The Morgan fingerprint density at radius 3 is 2.60 bits per heavy atom. The summed E-state index contributed by atoms with van der Waals surface area (Å²) in [6, 6.07) is 9.97. The van der Waals surface area contributed by atoms with Gasteiger partial charge in [-0.3, -0.25) is 10.6 Å². The minimum Gasteiger partial charge on any atom is -0.299 e. The van der Waals surface area contributed by atoms with Gasteiger partial charge in [-0.1, -0.05) is 46.3 Å². The Kier molecular flexibility index (Phi) is 5.53. The molecule has 0 radical (unpaired) electrons. The van der Waals surface area contributed by atoms with Crippen LogP contribution < -0.4 is 5.84 Å². The molecule has 0 atom stereocenters. The van der Waals surface area contributed by atoms with E-state index in [1.54, 1.807) is 5.01 Å². The Bertz CT molecular complexity index is 303. The van der Waals surface area contributed by atoms with Crippen molar-refractivity contribution in [1.82, 2.24) is 5.01 Å². The van der Waals surface area contributed by atoms with Gasteiger partial charge in [0.2, 0.25) is 0 Å². The van der Waals surface area contributed by atoms with Gasteiger partial charge < -0.3 is 0 Å². The van der Waals surface area contributed by atoms with Gasteiger partial charge in [0, 0.05) is 19.5 Å². The number of carbonyl (C=O) groups is 1. The maximum atomic E-state index is 11.0. The van der Waals surface area contributed by atoms with Crippen LogP contribution in [-0.2, 0) is 11.3 Å². The number of nitrogens with two attached hydrogens (primary N) is 1. The summed E-state index contributed by atoms with van der Waals surface area (Å²) in [5, 5.41) is 2.07. The normalized spacial score (nSPS) is 10.6. The third-order valence-corrected chi connectivity index (χ3v) is 2.68. The SMILES string of the molecule is NN(CCC(=O)CBr)Cc1ccccc1. The van der Waals surface area contributed by atoms with Crippen molar-refractivity contribution in [3.8, 4) is 0 Å². The van der Waals surface area contributed by atoms with Crippen LogP contribution in [0, 0.1) is 0 Å². The standard InChI is InChI=1S/C11H15BrN2O/c12-8-11(15)6-7-14(13)9-10-4-2-1-3-5-10/h1-5H,6-9,13H2. The topological polar surface area (TPSA) is 46.3 Å². The average molecular weight is 271 g/mol. The highest BCUT2D eigenvalue weighted by atomic mass is 79.9. The van der Waals surface area contributed by atoms with E-state index in [4.69, 9.17) is 5.84 Å². The smallest absolute Gasteiger partial charge is 0.144 e. The molecule has 0 fully saturated rings. The number of rotatable bonds is 6. The third-order valence-electron chi connectivity index (χ3n) is 2.06. The van der Waals surface area contributed by atoms with Crippen LogP contribution in [0.2, 0.25) is 0 Å². The number of hydrogen-bond acceptors (Lipinski definition) is 3. The molecule has 15 heavy (non-hydrogen) atoms. The van der Waals surface area contributed by atoms with Gasteiger partial charge in [0.05, 0.1) is 5.33 Å².